The smallest absolute Gasteiger partial charge is 0.294 e. The standard InChI is InChI=1S/C22H15FN4OS/c23-17-3-1-16(2-4-17)19-18(13-24)22(29)26-21(28)20(19)27-11-7-15(8-12-27)14-5-9-25-10-6-14/h1-12,19-20H,(H-,26,28,29)/p+1/t19-,20+/m0/s1. The van der Waals surface area contributed by atoms with E-state index in [1.807, 2.05) is 24.3 Å². The summed E-state index contributed by atoms with van der Waals surface area (Å²) >= 11 is 4.28. The van der Waals surface area contributed by atoms with E-state index in [0.29, 0.717) is 11.1 Å². The summed E-state index contributed by atoms with van der Waals surface area (Å²) in [5, 5.41) is 12.6. The summed E-state index contributed by atoms with van der Waals surface area (Å²) in [4.78, 5) is 16.9. The topological polar surface area (TPSA) is 69.7 Å². The largest absolute Gasteiger partial charge is 0.314 e. The summed E-state index contributed by atoms with van der Waals surface area (Å²) in [5.41, 5.74) is 2.98. The van der Waals surface area contributed by atoms with Gasteiger partial charge >= 0.3 is 0 Å². The van der Waals surface area contributed by atoms with E-state index in [2.05, 4.69) is 29.0 Å². The molecule has 0 saturated carbocycles. The number of pyridine rings is 2. The van der Waals surface area contributed by atoms with Crippen LogP contribution in [0.4, 0.5) is 4.39 Å². The minimum absolute atomic E-state index is 0.220. The quantitative estimate of drug-likeness (QED) is 0.521. The third kappa shape index (κ3) is 3.62. The third-order valence-electron chi connectivity index (χ3n) is 4.93. The number of carbonyl (C=O) groups excluding carboxylic acids is 1. The first-order valence-electron chi connectivity index (χ1n) is 8.89. The molecule has 3 heterocycles. The highest BCUT2D eigenvalue weighted by molar-refractivity contribution is 7.84. The van der Waals surface area contributed by atoms with Crippen LogP contribution in [0.2, 0.25) is 0 Å². The molecule has 29 heavy (non-hydrogen) atoms. The fourth-order valence-corrected chi connectivity index (χ4v) is 3.82. The van der Waals surface area contributed by atoms with Gasteiger partial charge in [-0.1, -0.05) is 12.1 Å². The summed E-state index contributed by atoms with van der Waals surface area (Å²) in [5.74, 6) is -1.25. The lowest BCUT2D eigenvalue weighted by atomic mass is 9.83. The predicted octanol–water partition coefficient (Wildman–Crippen LogP) is 3.29. The lowest BCUT2D eigenvalue weighted by molar-refractivity contribution is -0.711. The zero-order valence-corrected chi connectivity index (χ0v) is 16.1. The highest BCUT2D eigenvalue weighted by atomic mass is 32.1. The number of hydrogen-bond donors (Lipinski definition) is 2. The molecule has 1 N–H and O–H groups in total. The van der Waals surface area contributed by atoms with Crippen molar-refractivity contribution in [2.75, 3.05) is 0 Å². The monoisotopic (exact) mass is 403 g/mol. The summed E-state index contributed by atoms with van der Waals surface area (Å²) in [6.07, 6.45) is 7.03. The van der Waals surface area contributed by atoms with Gasteiger partial charge in [-0.25, -0.2) is 4.39 Å². The molecule has 4 rings (SSSR count). The molecule has 7 heteroatoms. The van der Waals surface area contributed by atoms with Crippen molar-refractivity contribution < 1.29 is 13.8 Å². The number of benzene rings is 1. The van der Waals surface area contributed by atoms with Crippen molar-refractivity contribution in [3.05, 3.63) is 95.3 Å². The maximum absolute atomic E-state index is 13.4. The molecule has 3 aromatic rings. The molecule has 2 aromatic heterocycles. The Morgan fingerprint density at radius 1 is 1.03 bits per heavy atom. The van der Waals surface area contributed by atoms with Crippen LogP contribution in [0.1, 0.15) is 17.5 Å². The van der Waals surface area contributed by atoms with E-state index in [4.69, 9.17) is 0 Å². The molecule has 0 unspecified atom stereocenters. The molecule has 1 aromatic carbocycles. The second-order valence-corrected chi connectivity index (χ2v) is 7.05. The van der Waals surface area contributed by atoms with E-state index in [0.717, 1.165) is 11.1 Å². The molecule has 1 aliphatic heterocycles. The Balaban J connectivity index is 1.78. The Hall–Kier alpha value is -3.50. The summed E-state index contributed by atoms with van der Waals surface area (Å²) in [7, 11) is 0. The first kappa shape index (κ1) is 18.8. The normalized spacial score (nSPS) is 18.9. The van der Waals surface area contributed by atoms with Gasteiger partial charge in [0.05, 0.1) is 22.6 Å². The Morgan fingerprint density at radius 3 is 2.28 bits per heavy atom. The van der Waals surface area contributed by atoms with Crippen molar-refractivity contribution in [1.82, 2.24) is 10.3 Å². The van der Waals surface area contributed by atoms with Gasteiger partial charge in [-0.05, 0) is 41.0 Å². The average molecular weight is 403 g/mol. The van der Waals surface area contributed by atoms with Gasteiger partial charge in [0.1, 0.15) is 5.82 Å². The Kier molecular flexibility index (Phi) is 5.10. The fourth-order valence-electron chi connectivity index (χ4n) is 3.52. The molecule has 1 aliphatic rings. The lowest BCUT2D eigenvalue weighted by Gasteiger charge is -2.27. The molecule has 2 atom stereocenters. The van der Waals surface area contributed by atoms with Crippen molar-refractivity contribution >= 4 is 18.5 Å². The van der Waals surface area contributed by atoms with Crippen molar-refractivity contribution in [3.63, 3.8) is 0 Å². The molecule has 0 radical (unpaired) electrons. The number of aromatic nitrogens is 2. The van der Waals surface area contributed by atoms with Crippen LogP contribution in [-0.4, -0.2) is 10.9 Å². The Morgan fingerprint density at radius 2 is 1.66 bits per heavy atom. The molecular weight excluding hydrogens is 387 g/mol. The Labute approximate surface area is 172 Å². The maximum atomic E-state index is 13.4. The molecule has 0 spiro atoms. The predicted molar refractivity (Wildman–Crippen MR) is 108 cm³/mol. The van der Waals surface area contributed by atoms with Gasteiger partial charge in [-0.3, -0.25) is 9.78 Å². The van der Waals surface area contributed by atoms with Crippen molar-refractivity contribution in [3.8, 4) is 17.2 Å². The molecule has 0 saturated heterocycles. The second kappa shape index (κ2) is 7.86. The van der Waals surface area contributed by atoms with E-state index >= 15 is 0 Å². The van der Waals surface area contributed by atoms with Gasteiger partial charge in [0, 0.05) is 24.5 Å². The lowest BCUT2D eigenvalue weighted by Crippen LogP contribution is -2.53. The highest BCUT2D eigenvalue weighted by Gasteiger charge is 2.44. The van der Waals surface area contributed by atoms with Crippen molar-refractivity contribution in [1.29, 1.82) is 5.26 Å². The van der Waals surface area contributed by atoms with Gasteiger partial charge in [0.25, 0.3) is 5.91 Å². The van der Waals surface area contributed by atoms with Crippen LogP contribution >= 0.6 is 12.6 Å². The summed E-state index contributed by atoms with van der Waals surface area (Å²) in [6, 6.07) is 14.9. The van der Waals surface area contributed by atoms with Crippen LogP contribution in [0.15, 0.2) is 83.9 Å². The van der Waals surface area contributed by atoms with Gasteiger partial charge in [-0.15, -0.1) is 12.6 Å². The number of allylic oxidation sites excluding steroid dienone is 1. The number of nitrogens with zero attached hydrogens (tertiary/aromatic N) is 3. The highest BCUT2D eigenvalue weighted by Crippen LogP contribution is 2.37. The minimum Gasteiger partial charge on any atom is -0.314 e. The number of rotatable bonds is 3. The zero-order chi connectivity index (χ0) is 20.4. The van der Waals surface area contributed by atoms with E-state index in [-0.39, 0.29) is 16.8 Å². The van der Waals surface area contributed by atoms with Crippen LogP contribution in [-0.2, 0) is 4.79 Å². The van der Waals surface area contributed by atoms with E-state index < -0.39 is 12.0 Å². The summed E-state index contributed by atoms with van der Waals surface area (Å²) in [6.45, 7) is 0. The fraction of sp³-hybridized carbons (Fsp3) is 0.0909. The number of nitriles is 1. The van der Waals surface area contributed by atoms with Gasteiger partial charge in [0.2, 0.25) is 6.04 Å². The van der Waals surface area contributed by atoms with E-state index in [1.165, 1.54) is 12.1 Å². The maximum Gasteiger partial charge on any atom is 0.294 e. The number of carbonyl (C=O) groups is 1. The molecule has 142 valence electrons. The van der Waals surface area contributed by atoms with E-state index in [9.17, 15) is 14.4 Å². The van der Waals surface area contributed by atoms with Crippen LogP contribution in [0.3, 0.4) is 0 Å². The average Bonchev–Trinajstić information content (AvgIpc) is 2.75. The first-order chi connectivity index (χ1) is 14.1. The number of amides is 1. The van der Waals surface area contributed by atoms with Crippen LogP contribution in [0.5, 0.6) is 0 Å². The third-order valence-corrected chi connectivity index (χ3v) is 5.28. The minimum atomic E-state index is -0.711. The molecule has 0 aliphatic carbocycles. The molecular formula is C22H16FN4OS+. The summed E-state index contributed by atoms with van der Waals surface area (Å²) < 4.78 is 15.2. The van der Waals surface area contributed by atoms with Crippen LogP contribution < -0.4 is 9.88 Å². The number of nitrogens with one attached hydrogen (secondary N) is 1. The number of thiol groups is 1. The van der Waals surface area contributed by atoms with Crippen molar-refractivity contribution in [2.45, 2.75) is 12.0 Å². The molecule has 0 fully saturated rings. The molecule has 1 amide bonds. The first-order valence-corrected chi connectivity index (χ1v) is 9.34. The van der Waals surface area contributed by atoms with Crippen LogP contribution in [0.25, 0.3) is 11.1 Å². The van der Waals surface area contributed by atoms with Gasteiger partial charge in [0.15, 0.2) is 12.4 Å². The zero-order valence-electron chi connectivity index (χ0n) is 15.2. The van der Waals surface area contributed by atoms with Crippen LogP contribution in [0, 0.1) is 17.1 Å². The second-order valence-electron chi connectivity index (χ2n) is 6.61. The van der Waals surface area contributed by atoms with Gasteiger partial charge < -0.3 is 5.32 Å². The van der Waals surface area contributed by atoms with Crippen molar-refractivity contribution in [2.24, 2.45) is 0 Å². The number of hydrogen-bond acceptors (Lipinski definition) is 4. The van der Waals surface area contributed by atoms with E-state index in [1.54, 1.807) is 41.5 Å². The molecule has 5 nitrogen and oxygen atoms in total. The molecule has 0 bridgehead atoms. The Bertz CT molecular complexity index is 1120. The number of halogens is 1. The van der Waals surface area contributed by atoms with Gasteiger partial charge in [-0.2, -0.15) is 9.83 Å². The SMILES string of the molecule is N#CC1=C(S)NC(=O)[C@H]([n+]2ccc(-c3ccncc3)cc2)[C@H]1c1ccc(F)cc1.